The molecule has 2 heterocycles. The Morgan fingerprint density at radius 3 is 2.96 bits per heavy atom. The zero-order valence-corrected chi connectivity index (χ0v) is 16.0. The highest BCUT2D eigenvalue weighted by atomic mass is 16.2. The maximum atomic E-state index is 12.3. The van der Waals surface area contributed by atoms with E-state index in [-0.39, 0.29) is 17.7 Å². The Morgan fingerprint density at radius 1 is 1.38 bits per heavy atom. The second kappa shape index (κ2) is 7.94. The lowest BCUT2D eigenvalue weighted by Gasteiger charge is -2.16. The van der Waals surface area contributed by atoms with E-state index in [9.17, 15) is 9.59 Å². The quantitative estimate of drug-likeness (QED) is 0.802. The maximum Gasteiger partial charge on any atom is 0.225 e. The number of fused-ring (bicyclic) bond motifs is 1. The van der Waals surface area contributed by atoms with E-state index in [2.05, 4.69) is 49.3 Å². The average Bonchev–Trinajstić information content (AvgIpc) is 3.15. The van der Waals surface area contributed by atoms with Gasteiger partial charge in [-0.2, -0.15) is 0 Å². The second-order valence-electron chi connectivity index (χ2n) is 7.83. The molecule has 1 aliphatic rings. The van der Waals surface area contributed by atoms with Gasteiger partial charge in [-0.3, -0.25) is 9.59 Å². The summed E-state index contributed by atoms with van der Waals surface area (Å²) < 4.78 is 0. The van der Waals surface area contributed by atoms with Gasteiger partial charge in [-0.15, -0.1) is 0 Å². The lowest BCUT2D eigenvalue weighted by molar-refractivity contribution is -0.129. The number of benzene rings is 1. The predicted molar refractivity (Wildman–Crippen MR) is 104 cm³/mol. The van der Waals surface area contributed by atoms with Gasteiger partial charge in [-0.25, -0.2) is 0 Å². The second-order valence-corrected chi connectivity index (χ2v) is 7.83. The minimum Gasteiger partial charge on any atom is -0.361 e. The Bertz CT molecular complexity index is 794. The molecule has 0 spiro atoms. The fraction of sp³-hybridized carbons (Fsp3) is 0.524. The molecule has 3 rings (SSSR count). The van der Waals surface area contributed by atoms with Crippen LogP contribution >= 0.6 is 0 Å². The number of carbonyl (C=O) groups excluding carboxylic acids is 2. The molecule has 26 heavy (non-hydrogen) atoms. The third kappa shape index (κ3) is 4.26. The normalized spacial score (nSPS) is 17.5. The molecule has 1 aromatic carbocycles. The van der Waals surface area contributed by atoms with Crippen LogP contribution in [0.25, 0.3) is 10.9 Å². The first kappa shape index (κ1) is 18.5. The lowest BCUT2D eigenvalue weighted by Crippen LogP contribution is -2.34. The molecule has 1 aromatic heterocycles. The summed E-state index contributed by atoms with van der Waals surface area (Å²) >= 11 is 0. The van der Waals surface area contributed by atoms with Crippen LogP contribution in [0.5, 0.6) is 0 Å². The molecule has 0 unspecified atom stereocenters. The molecule has 2 aromatic rings. The summed E-state index contributed by atoms with van der Waals surface area (Å²) in [6.45, 7) is 8.25. The van der Waals surface area contributed by atoms with Crippen LogP contribution in [-0.4, -0.2) is 41.3 Å². The highest BCUT2D eigenvalue weighted by Gasteiger charge is 2.33. The number of likely N-dealkylation sites (tertiary alicyclic amines) is 1. The van der Waals surface area contributed by atoms with Crippen molar-refractivity contribution in [1.29, 1.82) is 0 Å². The largest absolute Gasteiger partial charge is 0.361 e. The van der Waals surface area contributed by atoms with E-state index in [0.29, 0.717) is 32.0 Å². The molecule has 1 fully saturated rings. The van der Waals surface area contributed by atoms with Gasteiger partial charge in [-0.1, -0.05) is 25.5 Å². The molecule has 0 radical (unpaired) electrons. The van der Waals surface area contributed by atoms with Gasteiger partial charge in [0.05, 0.1) is 5.92 Å². The van der Waals surface area contributed by atoms with E-state index in [4.69, 9.17) is 0 Å². The van der Waals surface area contributed by atoms with Crippen molar-refractivity contribution in [3.8, 4) is 0 Å². The summed E-state index contributed by atoms with van der Waals surface area (Å²) in [5.74, 6) is 0.464. The topological polar surface area (TPSA) is 65.2 Å². The van der Waals surface area contributed by atoms with Gasteiger partial charge in [0.15, 0.2) is 0 Å². The smallest absolute Gasteiger partial charge is 0.225 e. The molecule has 1 atom stereocenters. The number of aromatic nitrogens is 1. The zero-order valence-electron chi connectivity index (χ0n) is 16.0. The van der Waals surface area contributed by atoms with Gasteiger partial charge in [0.1, 0.15) is 0 Å². The zero-order chi connectivity index (χ0) is 18.7. The van der Waals surface area contributed by atoms with E-state index in [1.807, 2.05) is 11.1 Å². The minimum atomic E-state index is -0.208. The number of aryl methyl sites for hydroxylation is 1. The highest BCUT2D eigenvalue weighted by molar-refractivity contribution is 5.89. The number of rotatable bonds is 7. The fourth-order valence-electron chi connectivity index (χ4n) is 3.55. The molecule has 0 saturated carbocycles. The molecule has 1 aliphatic heterocycles. The van der Waals surface area contributed by atoms with Crippen LogP contribution in [0.3, 0.4) is 0 Å². The van der Waals surface area contributed by atoms with Crippen LogP contribution in [0.15, 0.2) is 24.4 Å². The number of amides is 2. The van der Waals surface area contributed by atoms with Gasteiger partial charge in [0.2, 0.25) is 11.8 Å². The van der Waals surface area contributed by atoms with Crippen LogP contribution in [0.2, 0.25) is 0 Å². The van der Waals surface area contributed by atoms with E-state index in [1.165, 1.54) is 16.5 Å². The molecule has 140 valence electrons. The van der Waals surface area contributed by atoms with Crippen molar-refractivity contribution in [3.63, 3.8) is 0 Å². The summed E-state index contributed by atoms with van der Waals surface area (Å²) in [6.07, 6.45) is 4.13. The molecule has 0 aliphatic carbocycles. The first-order valence-electron chi connectivity index (χ1n) is 9.56. The van der Waals surface area contributed by atoms with E-state index >= 15 is 0 Å². The van der Waals surface area contributed by atoms with E-state index in [0.717, 1.165) is 18.4 Å². The van der Waals surface area contributed by atoms with Gasteiger partial charge < -0.3 is 15.2 Å². The first-order chi connectivity index (χ1) is 12.4. The number of hydrogen-bond acceptors (Lipinski definition) is 2. The average molecular weight is 355 g/mol. The molecular formula is C21H29N3O2. The third-order valence-corrected chi connectivity index (χ3v) is 5.18. The number of carbonyl (C=O) groups is 2. The number of aromatic amines is 1. The predicted octanol–water partition coefficient (Wildman–Crippen LogP) is 3.03. The summed E-state index contributed by atoms with van der Waals surface area (Å²) in [4.78, 5) is 29.7. The number of H-pyrrole nitrogens is 1. The third-order valence-electron chi connectivity index (χ3n) is 5.18. The lowest BCUT2D eigenvalue weighted by atomic mass is 10.1. The van der Waals surface area contributed by atoms with Gasteiger partial charge in [0.25, 0.3) is 0 Å². The van der Waals surface area contributed by atoms with Gasteiger partial charge in [-0.05, 0) is 43.4 Å². The minimum absolute atomic E-state index is 0.0178. The Labute approximate surface area is 155 Å². The Balaban J connectivity index is 1.54. The van der Waals surface area contributed by atoms with E-state index in [1.54, 1.807) is 0 Å². The van der Waals surface area contributed by atoms with Crippen molar-refractivity contribution in [2.75, 3.05) is 19.6 Å². The van der Waals surface area contributed by atoms with Crippen LogP contribution in [0.1, 0.15) is 37.8 Å². The first-order valence-corrected chi connectivity index (χ1v) is 9.56. The Hall–Kier alpha value is -2.30. The van der Waals surface area contributed by atoms with E-state index < -0.39 is 0 Å². The molecular weight excluding hydrogens is 326 g/mol. The number of nitrogens with zero attached hydrogens (tertiary/aromatic N) is 1. The number of nitrogens with one attached hydrogen (secondary N) is 2. The summed E-state index contributed by atoms with van der Waals surface area (Å²) in [7, 11) is 0. The van der Waals surface area contributed by atoms with Crippen LogP contribution in [0, 0.1) is 18.8 Å². The monoisotopic (exact) mass is 355 g/mol. The van der Waals surface area contributed by atoms with Crippen LogP contribution in [0.4, 0.5) is 0 Å². The van der Waals surface area contributed by atoms with Crippen molar-refractivity contribution in [1.82, 2.24) is 15.2 Å². The van der Waals surface area contributed by atoms with Gasteiger partial charge in [0, 0.05) is 43.2 Å². The van der Waals surface area contributed by atoms with Crippen molar-refractivity contribution >= 4 is 22.7 Å². The molecule has 5 heteroatoms. The SMILES string of the molecule is Cc1ccc2[nH]cc(CCN3C[C@H](C(=O)NCCC(C)C)CC3=O)c2c1. The molecule has 0 bridgehead atoms. The van der Waals surface area contributed by atoms with Crippen molar-refractivity contribution in [2.45, 2.75) is 40.0 Å². The summed E-state index contributed by atoms with van der Waals surface area (Å²) in [5.41, 5.74) is 3.58. The van der Waals surface area contributed by atoms with Crippen molar-refractivity contribution in [2.24, 2.45) is 11.8 Å². The highest BCUT2D eigenvalue weighted by Crippen LogP contribution is 2.22. The molecule has 2 N–H and O–H groups in total. The standard InChI is InChI=1S/C21H29N3O2/c1-14(2)6-8-22-21(26)17-11-20(25)24(13-17)9-7-16-12-23-19-5-4-15(3)10-18(16)19/h4-5,10,12,14,17,23H,6-9,11,13H2,1-3H3,(H,22,26)/t17-/m1/s1. The molecule has 2 amide bonds. The number of hydrogen-bond donors (Lipinski definition) is 2. The van der Waals surface area contributed by atoms with Crippen molar-refractivity contribution in [3.05, 3.63) is 35.5 Å². The van der Waals surface area contributed by atoms with Crippen LogP contribution in [-0.2, 0) is 16.0 Å². The summed E-state index contributed by atoms with van der Waals surface area (Å²) in [5, 5.41) is 4.20. The molecule has 5 nitrogen and oxygen atoms in total. The fourth-order valence-corrected chi connectivity index (χ4v) is 3.55. The van der Waals surface area contributed by atoms with Crippen LogP contribution < -0.4 is 5.32 Å². The van der Waals surface area contributed by atoms with Gasteiger partial charge >= 0.3 is 0 Å². The molecule has 1 saturated heterocycles. The maximum absolute atomic E-state index is 12.3. The van der Waals surface area contributed by atoms with Crippen molar-refractivity contribution < 1.29 is 9.59 Å². The Morgan fingerprint density at radius 2 is 2.19 bits per heavy atom. The summed E-state index contributed by atoms with van der Waals surface area (Å²) in [6, 6.07) is 6.36. The Kier molecular flexibility index (Phi) is 5.64.